The van der Waals surface area contributed by atoms with Gasteiger partial charge in [0.2, 0.25) is 0 Å². The smallest absolute Gasteiger partial charge is 0.192 e. The summed E-state index contributed by atoms with van der Waals surface area (Å²) in [7, 11) is 0. The van der Waals surface area contributed by atoms with Gasteiger partial charge in [-0.3, -0.25) is 9.55 Å². The molecule has 0 aliphatic carbocycles. The third kappa shape index (κ3) is 4.95. The molecule has 0 amide bonds. The van der Waals surface area contributed by atoms with Crippen LogP contribution in [0.5, 0.6) is 0 Å². The van der Waals surface area contributed by atoms with Gasteiger partial charge < -0.3 is 0 Å². The average molecular weight is 456 g/mol. The van der Waals surface area contributed by atoms with Crippen molar-refractivity contribution in [2.75, 3.05) is 0 Å². The van der Waals surface area contributed by atoms with E-state index in [0.717, 1.165) is 39.4 Å². The molecule has 3 aromatic heterocycles. The van der Waals surface area contributed by atoms with E-state index in [1.807, 2.05) is 24.3 Å². The first kappa shape index (κ1) is 20.6. The van der Waals surface area contributed by atoms with Crippen molar-refractivity contribution in [3.8, 4) is 11.4 Å². The van der Waals surface area contributed by atoms with E-state index in [1.165, 1.54) is 11.1 Å². The predicted molar refractivity (Wildman–Crippen MR) is 130 cm³/mol. The predicted octanol–water partition coefficient (Wildman–Crippen LogP) is 5.73. The summed E-state index contributed by atoms with van der Waals surface area (Å²) in [6, 6.07) is 24.8. The molecule has 158 valence electrons. The second-order valence-corrected chi connectivity index (χ2v) is 9.18. The molecule has 0 saturated heterocycles. The van der Waals surface area contributed by atoms with Crippen LogP contribution in [0, 0.1) is 0 Å². The number of pyridine rings is 1. The van der Waals surface area contributed by atoms with Crippen molar-refractivity contribution in [1.29, 1.82) is 0 Å². The van der Waals surface area contributed by atoms with Gasteiger partial charge in [0.05, 0.1) is 17.2 Å². The first-order chi connectivity index (χ1) is 15.8. The van der Waals surface area contributed by atoms with Crippen molar-refractivity contribution < 1.29 is 0 Å². The summed E-state index contributed by atoms with van der Waals surface area (Å²) in [6.45, 7) is 0.712. The number of thioether (sulfide) groups is 1. The summed E-state index contributed by atoms with van der Waals surface area (Å²) >= 11 is 3.39. The van der Waals surface area contributed by atoms with Gasteiger partial charge in [0, 0.05) is 35.5 Å². The molecule has 5 rings (SSSR count). The lowest BCUT2D eigenvalue weighted by molar-refractivity contribution is 0.714. The molecule has 2 aromatic carbocycles. The number of hydrogen-bond acceptors (Lipinski definition) is 6. The molecule has 7 heteroatoms. The van der Waals surface area contributed by atoms with Crippen LogP contribution in [0.3, 0.4) is 0 Å². The zero-order valence-corrected chi connectivity index (χ0v) is 19.0. The Morgan fingerprint density at radius 2 is 1.53 bits per heavy atom. The third-order valence-electron chi connectivity index (χ3n) is 4.99. The normalized spacial score (nSPS) is 11.0. The Kier molecular flexibility index (Phi) is 6.37. The van der Waals surface area contributed by atoms with Crippen LogP contribution in [0.25, 0.3) is 11.4 Å². The summed E-state index contributed by atoms with van der Waals surface area (Å²) < 4.78 is 2.17. The molecule has 0 bridgehead atoms. The summed E-state index contributed by atoms with van der Waals surface area (Å²) in [4.78, 5) is 8.96. The minimum Gasteiger partial charge on any atom is -0.298 e. The molecule has 0 N–H and O–H groups in total. The second-order valence-electron chi connectivity index (χ2n) is 7.30. The van der Waals surface area contributed by atoms with Gasteiger partial charge in [0.15, 0.2) is 11.0 Å². The lowest BCUT2D eigenvalue weighted by Crippen LogP contribution is -2.04. The van der Waals surface area contributed by atoms with Gasteiger partial charge in [-0.1, -0.05) is 72.4 Å². The Morgan fingerprint density at radius 3 is 2.28 bits per heavy atom. The van der Waals surface area contributed by atoms with Crippen molar-refractivity contribution >= 4 is 23.1 Å². The Morgan fingerprint density at radius 1 is 0.812 bits per heavy atom. The van der Waals surface area contributed by atoms with E-state index in [4.69, 9.17) is 4.98 Å². The average Bonchev–Trinajstić information content (AvgIpc) is 3.46. The van der Waals surface area contributed by atoms with Crippen LogP contribution >= 0.6 is 23.1 Å². The molecule has 5 aromatic rings. The molecule has 0 spiro atoms. The highest BCUT2D eigenvalue weighted by molar-refractivity contribution is 7.98. The minimum absolute atomic E-state index is 0.712. The summed E-state index contributed by atoms with van der Waals surface area (Å²) in [6.07, 6.45) is 4.44. The zero-order chi connectivity index (χ0) is 21.6. The van der Waals surface area contributed by atoms with Crippen molar-refractivity contribution in [2.24, 2.45) is 0 Å². The van der Waals surface area contributed by atoms with Gasteiger partial charge >= 0.3 is 0 Å². The van der Waals surface area contributed by atoms with E-state index in [2.05, 4.69) is 73.7 Å². The van der Waals surface area contributed by atoms with Crippen molar-refractivity contribution in [2.45, 2.75) is 23.9 Å². The molecule has 5 nitrogen and oxygen atoms in total. The van der Waals surface area contributed by atoms with Crippen LogP contribution in [0.4, 0.5) is 0 Å². The molecule has 0 saturated carbocycles. The largest absolute Gasteiger partial charge is 0.298 e. The molecule has 0 radical (unpaired) electrons. The highest BCUT2D eigenvalue weighted by Crippen LogP contribution is 2.28. The number of hydrogen-bond donors (Lipinski definition) is 0. The maximum absolute atomic E-state index is 4.83. The van der Waals surface area contributed by atoms with Gasteiger partial charge in [0.1, 0.15) is 0 Å². The highest BCUT2D eigenvalue weighted by Gasteiger charge is 2.15. The first-order valence-corrected chi connectivity index (χ1v) is 12.2. The van der Waals surface area contributed by atoms with Crippen LogP contribution in [-0.4, -0.2) is 24.7 Å². The Labute approximate surface area is 195 Å². The lowest BCUT2D eigenvalue weighted by Gasteiger charge is -2.10. The van der Waals surface area contributed by atoms with E-state index in [-0.39, 0.29) is 0 Å². The molecule has 0 atom stereocenters. The van der Waals surface area contributed by atoms with E-state index >= 15 is 0 Å². The van der Waals surface area contributed by atoms with Gasteiger partial charge in [-0.2, -0.15) is 0 Å². The van der Waals surface area contributed by atoms with Crippen molar-refractivity contribution in [3.05, 3.63) is 112 Å². The van der Waals surface area contributed by atoms with Gasteiger partial charge in [-0.05, 0) is 23.3 Å². The Bertz CT molecular complexity index is 1270. The summed E-state index contributed by atoms with van der Waals surface area (Å²) in [5, 5.41) is 13.2. The number of rotatable bonds is 8. The molecule has 0 aliphatic heterocycles. The van der Waals surface area contributed by atoms with E-state index in [9.17, 15) is 0 Å². The second kappa shape index (κ2) is 9.89. The summed E-state index contributed by atoms with van der Waals surface area (Å²) in [5.74, 6) is 1.61. The highest BCUT2D eigenvalue weighted by atomic mass is 32.2. The monoisotopic (exact) mass is 455 g/mol. The molecule has 3 heterocycles. The van der Waals surface area contributed by atoms with Crippen LogP contribution in [0.2, 0.25) is 0 Å². The number of thiazole rings is 1. The fraction of sp³-hybridized carbons (Fsp3) is 0.120. The fourth-order valence-electron chi connectivity index (χ4n) is 3.42. The van der Waals surface area contributed by atoms with Crippen molar-refractivity contribution in [1.82, 2.24) is 24.7 Å². The molecule has 0 unspecified atom stereocenters. The maximum atomic E-state index is 4.83. The van der Waals surface area contributed by atoms with Crippen LogP contribution in [-0.2, 0) is 18.7 Å². The van der Waals surface area contributed by atoms with E-state index in [1.54, 1.807) is 35.5 Å². The van der Waals surface area contributed by atoms with E-state index < -0.39 is 0 Å². The van der Waals surface area contributed by atoms with E-state index in [0.29, 0.717) is 6.54 Å². The SMILES string of the molecule is c1ccc(Cc2nc(CSc3nnc(-c4ccncc4)n3Cc3ccccc3)cs2)cc1. The van der Waals surface area contributed by atoms with Gasteiger partial charge in [0.25, 0.3) is 0 Å². The molecule has 0 fully saturated rings. The molecule has 0 aliphatic rings. The van der Waals surface area contributed by atoms with Crippen LogP contribution in [0.1, 0.15) is 21.8 Å². The molecular weight excluding hydrogens is 434 g/mol. The minimum atomic E-state index is 0.712. The Hall–Kier alpha value is -3.29. The van der Waals surface area contributed by atoms with Crippen molar-refractivity contribution in [3.63, 3.8) is 0 Å². The van der Waals surface area contributed by atoms with Crippen LogP contribution in [0.15, 0.2) is 95.7 Å². The molecular formula is C25H21N5S2. The number of aromatic nitrogens is 5. The quantitative estimate of drug-likeness (QED) is 0.280. The van der Waals surface area contributed by atoms with Gasteiger partial charge in [-0.25, -0.2) is 4.98 Å². The number of benzene rings is 2. The third-order valence-corrected chi connectivity index (χ3v) is 6.88. The fourth-order valence-corrected chi connectivity index (χ4v) is 5.19. The van der Waals surface area contributed by atoms with Crippen LogP contribution < -0.4 is 0 Å². The molecule has 32 heavy (non-hydrogen) atoms. The zero-order valence-electron chi connectivity index (χ0n) is 17.3. The lowest BCUT2D eigenvalue weighted by atomic mass is 10.2. The topological polar surface area (TPSA) is 56.5 Å². The van der Waals surface area contributed by atoms with Gasteiger partial charge in [-0.15, -0.1) is 21.5 Å². The standard InChI is InChI=1S/C25H21N5S2/c1-3-7-19(8-4-1)15-23-27-22(17-31-23)18-32-25-29-28-24(21-11-13-26-14-12-21)30(25)16-20-9-5-2-6-10-20/h1-14,17H,15-16,18H2. The summed E-state index contributed by atoms with van der Waals surface area (Å²) in [5.41, 5.74) is 4.58. The number of nitrogens with zero attached hydrogens (tertiary/aromatic N) is 5. The Balaban J connectivity index is 1.35. The maximum Gasteiger partial charge on any atom is 0.192 e. The first-order valence-electron chi connectivity index (χ1n) is 10.3.